The summed E-state index contributed by atoms with van der Waals surface area (Å²) in [6.07, 6.45) is -6.51. The zero-order chi connectivity index (χ0) is 16.3. The highest BCUT2D eigenvalue weighted by molar-refractivity contribution is 5.92. The van der Waals surface area contributed by atoms with E-state index in [2.05, 4.69) is 0 Å². The van der Waals surface area contributed by atoms with E-state index in [-0.39, 0.29) is 6.08 Å². The SMILES string of the molecule is COc1ccc(CC(=O)/C=C(\O)C(F)(F)C(F)(F)F)cc1. The molecule has 116 valence electrons. The molecule has 0 bridgehead atoms. The molecule has 0 unspecified atom stereocenters. The van der Waals surface area contributed by atoms with Crippen molar-refractivity contribution in [2.75, 3.05) is 7.11 Å². The number of allylic oxidation sites excluding steroid dienone is 2. The topological polar surface area (TPSA) is 46.5 Å². The highest BCUT2D eigenvalue weighted by atomic mass is 19.4. The molecule has 3 nitrogen and oxygen atoms in total. The molecule has 0 saturated heterocycles. The van der Waals surface area contributed by atoms with Crippen molar-refractivity contribution >= 4 is 5.78 Å². The number of hydrogen-bond acceptors (Lipinski definition) is 3. The fourth-order valence-corrected chi connectivity index (χ4v) is 1.38. The first kappa shape index (κ1) is 16.9. The van der Waals surface area contributed by atoms with E-state index < -0.39 is 30.1 Å². The second-order valence-electron chi connectivity index (χ2n) is 4.09. The van der Waals surface area contributed by atoms with Crippen molar-refractivity contribution in [2.24, 2.45) is 0 Å². The van der Waals surface area contributed by atoms with Gasteiger partial charge in [0.1, 0.15) is 5.75 Å². The smallest absolute Gasteiger partial charge is 0.461 e. The lowest BCUT2D eigenvalue weighted by atomic mass is 10.1. The van der Waals surface area contributed by atoms with Crippen molar-refractivity contribution in [3.8, 4) is 5.75 Å². The van der Waals surface area contributed by atoms with Gasteiger partial charge in [-0.15, -0.1) is 0 Å². The van der Waals surface area contributed by atoms with E-state index in [9.17, 15) is 26.7 Å². The largest absolute Gasteiger partial charge is 0.506 e. The van der Waals surface area contributed by atoms with Crippen LogP contribution in [0.5, 0.6) is 5.75 Å². The van der Waals surface area contributed by atoms with E-state index in [4.69, 9.17) is 9.84 Å². The number of methoxy groups -OCH3 is 1. The monoisotopic (exact) mass is 310 g/mol. The van der Waals surface area contributed by atoms with Gasteiger partial charge in [0.2, 0.25) is 0 Å². The molecule has 1 aromatic carbocycles. The van der Waals surface area contributed by atoms with Crippen LogP contribution in [0.3, 0.4) is 0 Å². The first-order valence-electron chi connectivity index (χ1n) is 5.59. The van der Waals surface area contributed by atoms with Crippen molar-refractivity contribution in [3.05, 3.63) is 41.7 Å². The number of ether oxygens (including phenoxy) is 1. The molecular formula is C13H11F5O3. The average molecular weight is 310 g/mol. The summed E-state index contributed by atoms with van der Waals surface area (Å²) in [7, 11) is 1.42. The third kappa shape index (κ3) is 4.17. The summed E-state index contributed by atoms with van der Waals surface area (Å²) in [5, 5.41) is 8.79. The number of ketones is 1. The minimum atomic E-state index is -5.96. The van der Waals surface area contributed by atoms with Gasteiger partial charge in [0.15, 0.2) is 11.5 Å². The maximum absolute atomic E-state index is 12.7. The quantitative estimate of drug-likeness (QED) is 0.515. The van der Waals surface area contributed by atoms with Crippen molar-refractivity contribution < 1.29 is 36.6 Å². The van der Waals surface area contributed by atoms with Crippen LogP contribution in [0.2, 0.25) is 0 Å². The van der Waals surface area contributed by atoms with Gasteiger partial charge in [-0.2, -0.15) is 22.0 Å². The van der Waals surface area contributed by atoms with Gasteiger partial charge in [0.05, 0.1) is 7.11 Å². The van der Waals surface area contributed by atoms with E-state index >= 15 is 0 Å². The molecule has 0 aromatic heterocycles. The molecule has 0 fully saturated rings. The van der Waals surface area contributed by atoms with Crippen LogP contribution in [0.25, 0.3) is 0 Å². The molecule has 0 aliphatic heterocycles. The summed E-state index contributed by atoms with van der Waals surface area (Å²) < 4.78 is 66.2. The van der Waals surface area contributed by atoms with E-state index in [1.165, 1.54) is 31.4 Å². The molecule has 0 aliphatic rings. The Morgan fingerprint density at radius 3 is 2.14 bits per heavy atom. The normalized spacial score (nSPS) is 13.1. The van der Waals surface area contributed by atoms with E-state index in [1.807, 2.05) is 0 Å². The number of carbonyl (C=O) groups excluding carboxylic acids is 1. The van der Waals surface area contributed by atoms with E-state index in [0.717, 1.165) is 0 Å². The summed E-state index contributed by atoms with van der Waals surface area (Å²) in [5.74, 6) is -8.37. The number of hydrogen-bond donors (Lipinski definition) is 1. The number of aliphatic hydroxyl groups is 1. The van der Waals surface area contributed by atoms with Crippen LogP contribution >= 0.6 is 0 Å². The molecule has 0 spiro atoms. The summed E-state index contributed by atoms with van der Waals surface area (Å²) >= 11 is 0. The lowest BCUT2D eigenvalue weighted by Gasteiger charge is -2.18. The highest BCUT2D eigenvalue weighted by Crippen LogP contribution is 2.39. The van der Waals surface area contributed by atoms with Gasteiger partial charge in [-0.1, -0.05) is 12.1 Å². The Bertz CT molecular complexity index is 532. The average Bonchev–Trinajstić information content (AvgIpc) is 2.38. The van der Waals surface area contributed by atoms with Gasteiger partial charge < -0.3 is 9.84 Å². The first-order valence-corrected chi connectivity index (χ1v) is 5.59. The molecule has 1 N–H and O–H groups in total. The molecule has 1 aromatic rings. The van der Waals surface area contributed by atoms with Gasteiger partial charge in [0.25, 0.3) is 0 Å². The number of rotatable bonds is 5. The number of alkyl halides is 5. The number of aliphatic hydroxyl groups excluding tert-OH is 1. The zero-order valence-electron chi connectivity index (χ0n) is 10.7. The number of carbonyl (C=O) groups is 1. The van der Waals surface area contributed by atoms with Gasteiger partial charge in [-0.3, -0.25) is 4.79 Å². The molecule has 0 saturated carbocycles. The number of halogens is 5. The zero-order valence-corrected chi connectivity index (χ0v) is 10.7. The Kier molecular flexibility index (Phi) is 4.93. The third-order valence-electron chi connectivity index (χ3n) is 2.51. The Labute approximate surface area is 116 Å². The second-order valence-corrected chi connectivity index (χ2v) is 4.09. The Hall–Kier alpha value is -2.12. The molecule has 1 rings (SSSR count). The minimum Gasteiger partial charge on any atom is -0.506 e. The van der Waals surface area contributed by atoms with E-state index in [1.54, 1.807) is 0 Å². The Morgan fingerprint density at radius 2 is 1.71 bits per heavy atom. The molecule has 0 radical (unpaired) electrons. The Balaban J connectivity index is 2.82. The fourth-order valence-electron chi connectivity index (χ4n) is 1.38. The third-order valence-corrected chi connectivity index (χ3v) is 2.51. The van der Waals surface area contributed by atoms with Gasteiger partial charge in [0, 0.05) is 12.5 Å². The molecule has 0 atom stereocenters. The molecule has 0 amide bonds. The van der Waals surface area contributed by atoms with Gasteiger partial charge in [-0.25, -0.2) is 0 Å². The summed E-state index contributed by atoms with van der Waals surface area (Å²) in [4.78, 5) is 11.4. The van der Waals surface area contributed by atoms with Crippen LogP contribution in [-0.2, 0) is 11.2 Å². The second kappa shape index (κ2) is 6.11. The molecular weight excluding hydrogens is 299 g/mol. The maximum atomic E-state index is 12.7. The summed E-state index contributed by atoms with van der Waals surface area (Å²) in [5.41, 5.74) is 0.375. The lowest BCUT2D eigenvalue weighted by Crippen LogP contribution is -2.38. The van der Waals surface area contributed by atoms with Crippen LogP contribution in [0.1, 0.15) is 5.56 Å². The van der Waals surface area contributed by atoms with Crippen molar-refractivity contribution in [2.45, 2.75) is 18.5 Å². The minimum absolute atomic E-state index is 0.113. The summed E-state index contributed by atoms with van der Waals surface area (Å²) in [6.45, 7) is 0. The standard InChI is InChI=1S/C13H11F5O3/c1-21-10-4-2-8(3-5-10)6-9(19)7-11(20)12(14,15)13(16,17)18/h2-5,7,20H,6H2,1H3/b11-7-. The Morgan fingerprint density at radius 1 is 1.19 bits per heavy atom. The molecule has 0 aliphatic carbocycles. The predicted molar refractivity (Wildman–Crippen MR) is 63.4 cm³/mol. The molecule has 0 heterocycles. The van der Waals surface area contributed by atoms with Crippen molar-refractivity contribution in [1.29, 1.82) is 0 Å². The predicted octanol–water partition coefficient (Wildman–Crippen LogP) is 3.45. The van der Waals surface area contributed by atoms with E-state index in [0.29, 0.717) is 11.3 Å². The fraction of sp³-hybridized carbons (Fsp3) is 0.308. The maximum Gasteiger partial charge on any atom is 0.461 e. The molecule has 21 heavy (non-hydrogen) atoms. The van der Waals surface area contributed by atoms with Crippen LogP contribution in [-0.4, -0.2) is 30.1 Å². The molecule has 8 heteroatoms. The van der Waals surface area contributed by atoms with Gasteiger partial charge in [-0.05, 0) is 17.7 Å². The van der Waals surface area contributed by atoms with Crippen molar-refractivity contribution in [3.63, 3.8) is 0 Å². The van der Waals surface area contributed by atoms with Crippen molar-refractivity contribution in [1.82, 2.24) is 0 Å². The lowest BCUT2D eigenvalue weighted by molar-refractivity contribution is -0.274. The summed E-state index contributed by atoms with van der Waals surface area (Å²) in [6, 6.07) is 5.89. The van der Waals surface area contributed by atoms with Crippen LogP contribution < -0.4 is 4.74 Å². The first-order chi connectivity index (χ1) is 9.57. The number of benzene rings is 1. The van der Waals surface area contributed by atoms with Crippen LogP contribution in [0.15, 0.2) is 36.1 Å². The highest BCUT2D eigenvalue weighted by Gasteiger charge is 2.61. The van der Waals surface area contributed by atoms with Crippen LogP contribution in [0.4, 0.5) is 22.0 Å². The van der Waals surface area contributed by atoms with Crippen LogP contribution in [0, 0.1) is 0 Å². The van der Waals surface area contributed by atoms with Gasteiger partial charge >= 0.3 is 12.1 Å².